The lowest BCUT2D eigenvalue weighted by molar-refractivity contribution is -0.118. The van der Waals surface area contributed by atoms with Gasteiger partial charge in [-0.05, 0) is 43.7 Å². The molecule has 0 atom stereocenters. The fourth-order valence-corrected chi connectivity index (χ4v) is 2.88. The monoisotopic (exact) mass is 374 g/mol. The van der Waals surface area contributed by atoms with E-state index in [1.165, 1.54) is 0 Å². The number of furan rings is 1. The Morgan fingerprint density at radius 3 is 2.64 bits per heavy atom. The summed E-state index contributed by atoms with van der Waals surface area (Å²) in [5, 5.41) is 21.4. The van der Waals surface area contributed by atoms with Crippen molar-refractivity contribution >= 4 is 11.7 Å². The number of carbonyl (C=O) groups is 1. The summed E-state index contributed by atoms with van der Waals surface area (Å²) in [6, 6.07) is 14.5. The van der Waals surface area contributed by atoms with Crippen LogP contribution in [-0.2, 0) is 11.3 Å². The van der Waals surface area contributed by atoms with E-state index in [9.17, 15) is 10.1 Å². The fourth-order valence-electron chi connectivity index (χ4n) is 2.88. The topological polar surface area (TPSA) is 104 Å². The highest BCUT2D eigenvalue weighted by Gasteiger charge is 2.20. The van der Waals surface area contributed by atoms with Crippen LogP contribution >= 0.6 is 0 Å². The van der Waals surface area contributed by atoms with E-state index < -0.39 is 5.91 Å². The zero-order valence-electron chi connectivity index (χ0n) is 15.5. The predicted molar refractivity (Wildman–Crippen MR) is 102 cm³/mol. The first kappa shape index (κ1) is 18.8. The molecule has 0 aliphatic carbocycles. The molecule has 3 rings (SSSR count). The number of hydrogen-bond acceptors (Lipinski definition) is 5. The van der Waals surface area contributed by atoms with Crippen molar-refractivity contribution in [2.75, 3.05) is 11.9 Å². The number of amides is 1. The largest absolute Gasteiger partial charge is 0.482 e. The molecule has 0 bridgehead atoms. The second kappa shape index (κ2) is 8.15. The molecule has 28 heavy (non-hydrogen) atoms. The predicted octanol–water partition coefficient (Wildman–Crippen LogP) is 3.51. The van der Waals surface area contributed by atoms with Gasteiger partial charge in [-0.3, -0.25) is 4.79 Å². The van der Waals surface area contributed by atoms with Crippen molar-refractivity contribution in [3.8, 4) is 17.9 Å². The van der Waals surface area contributed by atoms with Crippen LogP contribution in [0.5, 0.6) is 5.75 Å². The van der Waals surface area contributed by atoms with Crippen molar-refractivity contribution < 1.29 is 13.9 Å². The molecule has 1 N–H and O–H groups in total. The Morgan fingerprint density at radius 1 is 1.18 bits per heavy atom. The van der Waals surface area contributed by atoms with Crippen molar-refractivity contribution in [2.24, 2.45) is 0 Å². The molecule has 1 amide bonds. The number of aromatic nitrogens is 1. The van der Waals surface area contributed by atoms with Crippen LogP contribution in [0.25, 0.3) is 0 Å². The highest BCUT2D eigenvalue weighted by atomic mass is 16.5. The minimum absolute atomic E-state index is 0.284. The maximum atomic E-state index is 12.5. The van der Waals surface area contributed by atoms with Crippen LogP contribution in [0.2, 0.25) is 0 Å². The Labute approximate surface area is 162 Å². The van der Waals surface area contributed by atoms with Gasteiger partial charge >= 0.3 is 0 Å². The molecule has 0 saturated carbocycles. The summed E-state index contributed by atoms with van der Waals surface area (Å²) in [5.74, 6) is 1.01. The van der Waals surface area contributed by atoms with Crippen molar-refractivity contribution in [3.05, 3.63) is 70.8 Å². The Morgan fingerprint density at radius 2 is 1.96 bits per heavy atom. The molecule has 7 heteroatoms. The summed E-state index contributed by atoms with van der Waals surface area (Å²) in [6.45, 7) is 3.82. The molecule has 0 unspecified atom stereocenters. The summed E-state index contributed by atoms with van der Waals surface area (Å²) in [4.78, 5) is 12.5. The summed E-state index contributed by atoms with van der Waals surface area (Å²) in [5.41, 5.74) is 2.40. The maximum Gasteiger partial charge on any atom is 0.263 e. The maximum absolute atomic E-state index is 12.5. The minimum Gasteiger partial charge on any atom is -0.482 e. The number of nitriles is 2. The Balaban J connectivity index is 1.81. The number of nitrogens with one attached hydrogen (secondary N) is 1. The fraction of sp³-hybridized carbons (Fsp3) is 0.190. The van der Waals surface area contributed by atoms with Gasteiger partial charge in [-0.15, -0.1) is 0 Å². The molecule has 0 aliphatic rings. The molecule has 0 aliphatic heterocycles. The van der Waals surface area contributed by atoms with E-state index in [0.29, 0.717) is 35.0 Å². The van der Waals surface area contributed by atoms with Crippen molar-refractivity contribution in [2.45, 2.75) is 20.4 Å². The van der Waals surface area contributed by atoms with Gasteiger partial charge in [-0.25, -0.2) is 0 Å². The van der Waals surface area contributed by atoms with Gasteiger partial charge in [0.05, 0.1) is 23.9 Å². The molecule has 0 saturated heterocycles. The molecule has 0 radical (unpaired) electrons. The number of carbonyl (C=O) groups excluding carboxylic acids is 1. The van der Waals surface area contributed by atoms with Gasteiger partial charge in [0.25, 0.3) is 5.91 Å². The molecule has 0 fully saturated rings. The van der Waals surface area contributed by atoms with Gasteiger partial charge in [0.15, 0.2) is 6.61 Å². The summed E-state index contributed by atoms with van der Waals surface area (Å²) in [6.07, 6.45) is 1.57. The second-order valence-corrected chi connectivity index (χ2v) is 6.16. The molecular weight excluding hydrogens is 356 g/mol. The van der Waals surface area contributed by atoms with Crippen molar-refractivity contribution in [1.29, 1.82) is 10.5 Å². The minimum atomic E-state index is -0.428. The number of para-hydroxylation sites is 1. The van der Waals surface area contributed by atoms with E-state index in [-0.39, 0.29) is 6.61 Å². The summed E-state index contributed by atoms with van der Waals surface area (Å²) >= 11 is 0. The van der Waals surface area contributed by atoms with Gasteiger partial charge in [-0.1, -0.05) is 12.1 Å². The van der Waals surface area contributed by atoms with Crippen LogP contribution in [-0.4, -0.2) is 17.1 Å². The van der Waals surface area contributed by atoms with Crippen LogP contribution in [0.3, 0.4) is 0 Å². The first-order valence-electron chi connectivity index (χ1n) is 8.59. The molecule has 1 aromatic carbocycles. The van der Waals surface area contributed by atoms with E-state index in [2.05, 4.69) is 11.4 Å². The summed E-state index contributed by atoms with van der Waals surface area (Å²) < 4.78 is 12.7. The molecule has 140 valence electrons. The van der Waals surface area contributed by atoms with E-state index in [1.807, 2.05) is 30.6 Å². The lowest BCUT2D eigenvalue weighted by Crippen LogP contribution is -2.23. The van der Waals surface area contributed by atoms with E-state index in [1.54, 1.807) is 36.6 Å². The molecule has 2 aromatic heterocycles. The number of ether oxygens (including phenoxy) is 1. The van der Waals surface area contributed by atoms with Crippen LogP contribution < -0.4 is 10.1 Å². The Hall–Kier alpha value is -3.97. The first-order valence-corrected chi connectivity index (χ1v) is 8.59. The van der Waals surface area contributed by atoms with Crippen LogP contribution in [0.1, 0.15) is 28.1 Å². The van der Waals surface area contributed by atoms with E-state index in [4.69, 9.17) is 14.4 Å². The highest BCUT2D eigenvalue weighted by molar-refractivity contribution is 5.93. The third kappa shape index (κ3) is 3.74. The average Bonchev–Trinajstić information content (AvgIpc) is 3.29. The van der Waals surface area contributed by atoms with Crippen molar-refractivity contribution in [3.63, 3.8) is 0 Å². The smallest absolute Gasteiger partial charge is 0.263 e. The zero-order valence-corrected chi connectivity index (χ0v) is 15.5. The van der Waals surface area contributed by atoms with Crippen LogP contribution in [0, 0.1) is 36.5 Å². The summed E-state index contributed by atoms with van der Waals surface area (Å²) in [7, 11) is 0. The van der Waals surface area contributed by atoms with Crippen molar-refractivity contribution in [1.82, 2.24) is 4.57 Å². The number of rotatable bonds is 6. The number of hydrogen-bond donors (Lipinski definition) is 1. The quantitative estimate of drug-likeness (QED) is 0.711. The molecule has 2 heterocycles. The molecule has 7 nitrogen and oxygen atoms in total. The lowest BCUT2D eigenvalue weighted by Gasteiger charge is -2.13. The van der Waals surface area contributed by atoms with Gasteiger partial charge in [-0.2, -0.15) is 10.5 Å². The van der Waals surface area contributed by atoms with Crippen LogP contribution in [0.4, 0.5) is 5.82 Å². The standard InChI is InChI=1S/C21H18N4O3/c1-14-15(2)25(12-17-7-5-9-27-17)21(18(14)11-23)24-20(26)13-28-19-8-4-3-6-16(19)10-22/h3-9H,12-13H2,1-2H3,(H,24,26). The number of anilines is 1. The highest BCUT2D eigenvalue weighted by Crippen LogP contribution is 2.27. The zero-order chi connectivity index (χ0) is 20.1. The molecule has 0 spiro atoms. The van der Waals surface area contributed by atoms with E-state index in [0.717, 1.165) is 11.3 Å². The van der Waals surface area contributed by atoms with Gasteiger partial charge in [0, 0.05) is 5.69 Å². The third-order valence-electron chi connectivity index (χ3n) is 4.46. The van der Waals surface area contributed by atoms with Gasteiger partial charge in [0.2, 0.25) is 0 Å². The van der Waals surface area contributed by atoms with Crippen LogP contribution in [0.15, 0.2) is 47.1 Å². The first-order chi connectivity index (χ1) is 13.5. The molecule has 3 aromatic rings. The lowest BCUT2D eigenvalue weighted by atomic mass is 10.2. The normalized spacial score (nSPS) is 10.1. The third-order valence-corrected chi connectivity index (χ3v) is 4.46. The van der Waals surface area contributed by atoms with Gasteiger partial charge in [0.1, 0.15) is 29.5 Å². The average molecular weight is 374 g/mol. The van der Waals surface area contributed by atoms with Gasteiger partial charge < -0.3 is 19.0 Å². The Bertz CT molecular complexity index is 1080. The second-order valence-electron chi connectivity index (χ2n) is 6.16. The molecular formula is C21H18N4O3. The number of benzene rings is 1. The number of nitrogens with zero attached hydrogens (tertiary/aromatic N) is 3. The van der Waals surface area contributed by atoms with E-state index >= 15 is 0 Å². The SMILES string of the molecule is Cc1c(C#N)c(NC(=O)COc2ccccc2C#N)n(Cc2ccco2)c1C. The Kier molecular flexibility index (Phi) is 5.48.